The number of ether oxygens (including phenoxy) is 1. The van der Waals surface area contributed by atoms with E-state index in [0.717, 1.165) is 30.5 Å². The van der Waals surface area contributed by atoms with Crippen LogP contribution >= 0.6 is 11.8 Å². The molecule has 0 rings (SSSR count). The molecule has 0 N–H and O–H groups in total. The molecule has 0 heterocycles. The summed E-state index contributed by atoms with van der Waals surface area (Å²) in [7, 11) is 6.32. The van der Waals surface area contributed by atoms with Crippen molar-refractivity contribution in [1.29, 1.82) is 0 Å². The zero-order chi connectivity index (χ0) is 17.0. The lowest BCUT2D eigenvalue weighted by Crippen LogP contribution is -2.42. The first-order valence-corrected chi connectivity index (χ1v) is 10.5. The summed E-state index contributed by atoms with van der Waals surface area (Å²) in [5, 5.41) is 0. The standard InChI is InChI=1S/C14H31NO5SSi/c1-13(14(16)20-9-8-15(2)3)12-21-10-7-11-22(17-4,18-5)19-6/h13H,7-12H2,1-6H3. The van der Waals surface area contributed by atoms with Crippen molar-refractivity contribution in [3.05, 3.63) is 0 Å². The molecule has 8 heteroatoms. The molecule has 0 amide bonds. The van der Waals surface area contributed by atoms with Gasteiger partial charge in [0.1, 0.15) is 6.61 Å². The quantitative estimate of drug-likeness (QED) is 0.284. The van der Waals surface area contributed by atoms with Gasteiger partial charge in [0.15, 0.2) is 0 Å². The van der Waals surface area contributed by atoms with E-state index in [1.54, 1.807) is 33.1 Å². The number of hydrogen-bond acceptors (Lipinski definition) is 7. The third-order valence-corrected chi connectivity index (χ3v) is 7.40. The van der Waals surface area contributed by atoms with E-state index in [1.165, 1.54) is 0 Å². The first kappa shape index (κ1) is 21.9. The summed E-state index contributed by atoms with van der Waals surface area (Å²) < 4.78 is 21.3. The van der Waals surface area contributed by atoms with Crippen molar-refractivity contribution in [1.82, 2.24) is 4.90 Å². The fourth-order valence-corrected chi connectivity index (χ4v) is 4.73. The van der Waals surface area contributed by atoms with E-state index in [-0.39, 0.29) is 11.9 Å². The van der Waals surface area contributed by atoms with Crippen LogP contribution in [0.15, 0.2) is 0 Å². The molecule has 0 saturated heterocycles. The Bertz CT molecular complexity index is 295. The topological polar surface area (TPSA) is 57.2 Å². The normalized spacial score (nSPS) is 13.4. The zero-order valence-corrected chi connectivity index (χ0v) is 16.5. The van der Waals surface area contributed by atoms with Crippen LogP contribution in [-0.4, -0.2) is 79.8 Å². The van der Waals surface area contributed by atoms with Crippen LogP contribution in [0.1, 0.15) is 13.3 Å². The van der Waals surface area contributed by atoms with Gasteiger partial charge < -0.3 is 22.9 Å². The van der Waals surface area contributed by atoms with Crippen LogP contribution in [0.5, 0.6) is 0 Å². The molecule has 1 unspecified atom stereocenters. The Morgan fingerprint density at radius 3 is 2.27 bits per heavy atom. The van der Waals surface area contributed by atoms with Gasteiger partial charge in [-0.2, -0.15) is 11.8 Å². The Labute approximate surface area is 140 Å². The number of carbonyl (C=O) groups is 1. The van der Waals surface area contributed by atoms with Crippen molar-refractivity contribution in [3.8, 4) is 0 Å². The molecule has 0 aliphatic carbocycles. The van der Waals surface area contributed by atoms with Gasteiger partial charge in [0, 0.05) is 39.7 Å². The smallest absolute Gasteiger partial charge is 0.464 e. The van der Waals surface area contributed by atoms with Crippen molar-refractivity contribution in [2.24, 2.45) is 5.92 Å². The molecule has 0 fully saturated rings. The van der Waals surface area contributed by atoms with Crippen molar-refractivity contribution < 1.29 is 22.8 Å². The second-order valence-electron chi connectivity index (χ2n) is 5.35. The number of esters is 1. The van der Waals surface area contributed by atoms with Crippen LogP contribution in [0.25, 0.3) is 0 Å². The van der Waals surface area contributed by atoms with E-state index < -0.39 is 8.80 Å². The SMILES string of the molecule is CO[Si](CCCSCC(C)C(=O)OCCN(C)C)(OC)OC. The Morgan fingerprint density at radius 2 is 1.77 bits per heavy atom. The Hall–Kier alpha value is -0.123. The third-order valence-electron chi connectivity index (χ3n) is 3.26. The van der Waals surface area contributed by atoms with Gasteiger partial charge >= 0.3 is 14.8 Å². The van der Waals surface area contributed by atoms with Crippen LogP contribution in [0.4, 0.5) is 0 Å². The van der Waals surface area contributed by atoms with E-state index in [0.29, 0.717) is 6.61 Å². The first-order chi connectivity index (χ1) is 10.4. The molecule has 0 bridgehead atoms. The van der Waals surface area contributed by atoms with Crippen LogP contribution in [0.3, 0.4) is 0 Å². The lowest BCUT2D eigenvalue weighted by molar-refractivity contribution is -0.147. The van der Waals surface area contributed by atoms with E-state index in [1.807, 2.05) is 25.9 Å². The summed E-state index contributed by atoms with van der Waals surface area (Å²) in [6.07, 6.45) is 0.939. The zero-order valence-electron chi connectivity index (χ0n) is 14.7. The second-order valence-corrected chi connectivity index (χ2v) is 9.59. The van der Waals surface area contributed by atoms with Crippen LogP contribution < -0.4 is 0 Å². The number of carbonyl (C=O) groups excluding carboxylic acids is 1. The fourth-order valence-electron chi connectivity index (χ4n) is 1.75. The number of hydrogen-bond donors (Lipinski definition) is 0. The lowest BCUT2D eigenvalue weighted by atomic mass is 10.2. The van der Waals surface area contributed by atoms with Gasteiger partial charge in [-0.1, -0.05) is 6.92 Å². The Balaban J connectivity index is 3.79. The molecule has 1 atom stereocenters. The summed E-state index contributed by atoms with van der Waals surface area (Å²) in [4.78, 5) is 13.8. The maximum absolute atomic E-state index is 11.8. The number of rotatable bonds is 13. The molecule has 0 spiro atoms. The molecule has 132 valence electrons. The highest BCUT2D eigenvalue weighted by atomic mass is 32.2. The van der Waals surface area contributed by atoms with Gasteiger partial charge in [-0.15, -0.1) is 0 Å². The monoisotopic (exact) mass is 353 g/mol. The highest BCUT2D eigenvalue weighted by Crippen LogP contribution is 2.18. The van der Waals surface area contributed by atoms with Crippen molar-refractivity contribution in [3.63, 3.8) is 0 Å². The summed E-state index contributed by atoms with van der Waals surface area (Å²) in [5.41, 5.74) is 0. The highest BCUT2D eigenvalue weighted by Gasteiger charge is 2.36. The molecule has 0 aromatic heterocycles. The largest absolute Gasteiger partial charge is 0.500 e. The van der Waals surface area contributed by atoms with Gasteiger partial charge in [0.05, 0.1) is 5.92 Å². The minimum Gasteiger partial charge on any atom is -0.464 e. The molecule has 0 aliphatic heterocycles. The molecular formula is C14H31NO5SSi. The van der Waals surface area contributed by atoms with Gasteiger partial charge in [-0.05, 0) is 26.3 Å². The second kappa shape index (κ2) is 12.3. The average Bonchev–Trinajstić information content (AvgIpc) is 2.50. The molecule has 6 nitrogen and oxygen atoms in total. The molecule has 22 heavy (non-hydrogen) atoms. The molecule has 0 aromatic rings. The third kappa shape index (κ3) is 9.11. The van der Waals surface area contributed by atoms with Crippen molar-refractivity contribution in [2.75, 3.05) is 60.1 Å². The van der Waals surface area contributed by atoms with Gasteiger partial charge in [-0.25, -0.2) is 0 Å². The minimum absolute atomic E-state index is 0.0820. The van der Waals surface area contributed by atoms with Crippen molar-refractivity contribution in [2.45, 2.75) is 19.4 Å². The predicted octanol–water partition coefficient (Wildman–Crippen LogP) is 1.73. The minimum atomic E-state index is -2.45. The number of nitrogens with zero attached hydrogens (tertiary/aromatic N) is 1. The van der Waals surface area contributed by atoms with Crippen LogP contribution in [0, 0.1) is 5.92 Å². The van der Waals surface area contributed by atoms with Gasteiger partial charge in [0.25, 0.3) is 0 Å². The van der Waals surface area contributed by atoms with E-state index >= 15 is 0 Å². The predicted molar refractivity (Wildman–Crippen MR) is 92.2 cm³/mol. The average molecular weight is 354 g/mol. The van der Waals surface area contributed by atoms with E-state index in [4.69, 9.17) is 18.0 Å². The maximum atomic E-state index is 11.8. The number of likely N-dealkylation sites (N-methyl/N-ethyl adjacent to an activating group) is 1. The fraction of sp³-hybridized carbons (Fsp3) is 0.929. The molecule has 0 aromatic carbocycles. The first-order valence-electron chi connectivity index (χ1n) is 7.45. The summed E-state index contributed by atoms with van der Waals surface area (Å²) in [5.74, 6) is 1.51. The molecule has 0 saturated carbocycles. The summed E-state index contributed by atoms with van der Waals surface area (Å²) >= 11 is 1.75. The Morgan fingerprint density at radius 1 is 1.18 bits per heavy atom. The maximum Gasteiger partial charge on any atom is 0.500 e. The van der Waals surface area contributed by atoms with Crippen molar-refractivity contribution >= 4 is 26.5 Å². The number of thioether (sulfide) groups is 1. The summed E-state index contributed by atoms with van der Waals surface area (Å²) in [6, 6.07) is 0.783. The Kier molecular flexibility index (Phi) is 12.2. The van der Waals surface area contributed by atoms with E-state index in [2.05, 4.69) is 0 Å². The molecule has 0 radical (unpaired) electrons. The molecule has 0 aliphatic rings. The van der Waals surface area contributed by atoms with Gasteiger partial charge in [0.2, 0.25) is 0 Å². The van der Waals surface area contributed by atoms with Crippen LogP contribution in [-0.2, 0) is 22.8 Å². The highest BCUT2D eigenvalue weighted by molar-refractivity contribution is 7.99. The molecular weight excluding hydrogens is 322 g/mol. The van der Waals surface area contributed by atoms with Gasteiger partial charge in [-0.3, -0.25) is 4.79 Å². The van der Waals surface area contributed by atoms with Crippen LogP contribution in [0.2, 0.25) is 6.04 Å². The summed E-state index contributed by atoms with van der Waals surface area (Å²) in [6.45, 7) is 3.11. The lowest BCUT2D eigenvalue weighted by Gasteiger charge is -2.24. The van der Waals surface area contributed by atoms with E-state index in [9.17, 15) is 4.79 Å².